The summed E-state index contributed by atoms with van der Waals surface area (Å²) in [6, 6.07) is 25.2. The topological polar surface area (TPSA) is 105 Å². The number of halogens is 1. The molecule has 0 radical (unpaired) electrons. The van der Waals surface area contributed by atoms with Crippen LogP contribution in [-0.2, 0) is 11.2 Å². The standard InChI is InChI=1S/C33H26ClN3O6/c1-40-25-17-21(18-26(41-2)32(25)42-3)35-27(38)16-19-9-7-12-22(15-19)37-24-14-8-13-23(34)28(24)30-29(33(37)39)31(43-36-30)20-10-5-4-6-11-20/h4-15,17-18H,16H2,1-3H3,(H,35,38). The van der Waals surface area contributed by atoms with E-state index in [4.69, 9.17) is 30.3 Å². The molecule has 0 aliphatic rings. The van der Waals surface area contributed by atoms with Crippen molar-refractivity contribution in [2.45, 2.75) is 6.42 Å². The number of nitrogens with zero attached hydrogens (tertiary/aromatic N) is 2. The van der Waals surface area contributed by atoms with Gasteiger partial charge in [0.25, 0.3) is 5.56 Å². The van der Waals surface area contributed by atoms with Gasteiger partial charge in [-0.3, -0.25) is 14.2 Å². The molecule has 216 valence electrons. The lowest BCUT2D eigenvalue weighted by Crippen LogP contribution is -2.20. The summed E-state index contributed by atoms with van der Waals surface area (Å²) >= 11 is 6.67. The van der Waals surface area contributed by atoms with Gasteiger partial charge in [-0.25, -0.2) is 0 Å². The molecule has 6 rings (SSSR count). The van der Waals surface area contributed by atoms with Crippen LogP contribution in [-0.4, -0.2) is 37.0 Å². The SMILES string of the molecule is COc1cc(NC(=O)Cc2cccc(-n3c(=O)c4c(-c5ccccc5)onc4c4c(Cl)cccc43)c2)cc(OC)c1OC. The number of ether oxygens (including phenoxy) is 3. The first-order valence-electron chi connectivity index (χ1n) is 13.3. The number of fused-ring (bicyclic) bond motifs is 3. The van der Waals surface area contributed by atoms with Crippen LogP contribution in [0.4, 0.5) is 5.69 Å². The average molecular weight is 596 g/mol. The minimum atomic E-state index is -0.316. The molecule has 0 bridgehead atoms. The van der Waals surface area contributed by atoms with Crippen LogP contribution in [0.5, 0.6) is 17.2 Å². The van der Waals surface area contributed by atoms with Crippen molar-refractivity contribution in [1.29, 1.82) is 0 Å². The third-order valence-electron chi connectivity index (χ3n) is 7.10. The number of rotatable bonds is 8. The van der Waals surface area contributed by atoms with Crippen molar-refractivity contribution in [2.24, 2.45) is 0 Å². The average Bonchev–Trinajstić information content (AvgIpc) is 3.47. The van der Waals surface area contributed by atoms with Gasteiger partial charge < -0.3 is 24.1 Å². The van der Waals surface area contributed by atoms with Crippen molar-refractivity contribution in [3.63, 3.8) is 0 Å². The van der Waals surface area contributed by atoms with Gasteiger partial charge in [-0.1, -0.05) is 65.3 Å². The summed E-state index contributed by atoms with van der Waals surface area (Å²) in [4.78, 5) is 27.3. The van der Waals surface area contributed by atoms with Crippen molar-refractivity contribution in [3.05, 3.63) is 106 Å². The highest BCUT2D eigenvalue weighted by Crippen LogP contribution is 2.40. The Bertz CT molecular complexity index is 2030. The zero-order chi connectivity index (χ0) is 30.1. The van der Waals surface area contributed by atoms with Gasteiger partial charge >= 0.3 is 0 Å². The second-order valence-corrected chi connectivity index (χ2v) is 10.1. The van der Waals surface area contributed by atoms with Crippen LogP contribution in [0.2, 0.25) is 5.02 Å². The van der Waals surface area contributed by atoms with E-state index in [0.29, 0.717) is 66.8 Å². The van der Waals surface area contributed by atoms with Crippen LogP contribution < -0.4 is 25.1 Å². The lowest BCUT2D eigenvalue weighted by Gasteiger charge is -2.15. The molecule has 1 amide bonds. The lowest BCUT2D eigenvalue weighted by molar-refractivity contribution is -0.115. The smallest absolute Gasteiger partial charge is 0.269 e. The highest BCUT2D eigenvalue weighted by Gasteiger charge is 2.23. The maximum Gasteiger partial charge on any atom is 0.269 e. The van der Waals surface area contributed by atoms with Crippen molar-refractivity contribution >= 4 is 45.0 Å². The van der Waals surface area contributed by atoms with E-state index < -0.39 is 0 Å². The summed E-state index contributed by atoms with van der Waals surface area (Å²) in [5.74, 6) is 1.35. The molecule has 0 unspecified atom stereocenters. The fraction of sp³-hybridized carbons (Fsp3) is 0.121. The molecule has 1 N–H and O–H groups in total. The minimum Gasteiger partial charge on any atom is -0.493 e. The predicted molar refractivity (Wildman–Crippen MR) is 166 cm³/mol. The van der Waals surface area contributed by atoms with Gasteiger partial charge in [0, 0.05) is 34.5 Å². The van der Waals surface area contributed by atoms with Gasteiger partial charge in [0.1, 0.15) is 10.9 Å². The highest BCUT2D eigenvalue weighted by atomic mass is 35.5. The number of carbonyl (C=O) groups excluding carboxylic acids is 1. The number of aromatic nitrogens is 2. The largest absolute Gasteiger partial charge is 0.493 e. The van der Waals surface area contributed by atoms with Gasteiger partial charge in [-0.2, -0.15) is 0 Å². The number of anilines is 1. The normalized spacial score (nSPS) is 11.1. The number of amides is 1. The molecule has 2 heterocycles. The number of pyridine rings is 1. The summed E-state index contributed by atoms with van der Waals surface area (Å²) < 4.78 is 23.4. The summed E-state index contributed by atoms with van der Waals surface area (Å²) in [6.45, 7) is 0. The van der Waals surface area contributed by atoms with E-state index in [1.807, 2.05) is 48.5 Å². The third kappa shape index (κ3) is 5.04. The number of methoxy groups -OCH3 is 3. The van der Waals surface area contributed by atoms with Crippen LogP contribution in [0.15, 0.2) is 94.2 Å². The van der Waals surface area contributed by atoms with E-state index in [0.717, 1.165) is 5.56 Å². The molecule has 2 aromatic heterocycles. The second kappa shape index (κ2) is 11.5. The van der Waals surface area contributed by atoms with Gasteiger partial charge in [0.15, 0.2) is 17.3 Å². The predicted octanol–water partition coefficient (Wildman–Crippen LogP) is 6.66. The molecule has 0 saturated carbocycles. The Labute approximate surface area is 251 Å². The zero-order valence-corrected chi connectivity index (χ0v) is 24.3. The number of hydrogen-bond acceptors (Lipinski definition) is 7. The molecule has 0 fully saturated rings. The molecular formula is C33H26ClN3O6. The van der Waals surface area contributed by atoms with Crippen LogP contribution in [0.25, 0.3) is 38.8 Å². The van der Waals surface area contributed by atoms with Gasteiger partial charge in [-0.15, -0.1) is 0 Å². The molecule has 0 saturated heterocycles. The molecule has 0 atom stereocenters. The number of benzene rings is 4. The first-order valence-corrected chi connectivity index (χ1v) is 13.7. The summed E-state index contributed by atoms with van der Waals surface area (Å²) in [5.41, 5.74) is 3.11. The van der Waals surface area contributed by atoms with Crippen molar-refractivity contribution in [2.75, 3.05) is 26.6 Å². The summed E-state index contributed by atoms with van der Waals surface area (Å²) in [5, 5.41) is 8.49. The molecule has 0 aliphatic heterocycles. The molecule has 0 spiro atoms. The Morgan fingerprint density at radius 2 is 1.60 bits per heavy atom. The van der Waals surface area contributed by atoms with Crippen LogP contribution in [0.3, 0.4) is 0 Å². The minimum absolute atomic E-state index is 0.0444. The van der Waals surface area contributed by atoms with Crippen LogP contribution in [0, 0.1) is 0 Å². The molecule has 4 aromatic carbocycles. The van der Waals surface area contributed by atoms with Gasteiger partial charge in [0.2, 0.25) is 11.7 Å². The van der Waals surface area contributed by atoms with Gasteiger partial charge in [-0.05, 0) is 29.8 Å². The summed E-state index contributed by atoms with van der Waals surface area (Å²) in [6.07, 6.45) is 0.0444. The van der Waals surface area contributed by atoms with Crippen molar-refractivity contribution in [1.82, 2.24) is 9.72 Å². The van der Waals surface area contributed by atoms with Crippen molar-refractivity contribution in [3.8, 4) is 34.3 Å². The molecule has 43 heavy (non-hydrogen) atoms. The quantitative estimate of drug-likeness (QED) is 0.210. The van der Waals surface area contributed by atoms with Gasteiger partial charge in [0.05, 0.1) is 38.3 Å². The Balaban J connectivity index is 1.41. The Hall–Kier alpha value is -5.28. The molecule has 0 aliphatic carbocycles. The fourth-order valence-electron chi connectivity index (χ4n) is 5.21. The third-order valence-corrected chi connectivity index (χ3v) is 7.41. The highest BCUT2D eigenvalue weighted by molar-refractivity contribution is 6.37. The number of hydrogen-bond donors (Lipinski definition) is 1. The Morgan fingerprint density at radius 3 is 2.30 bits per heavy atom. The van der Waals surface area contributed by atoms with E-state index >= 15 is 0 Å². The Morgan fingerprint density at radius 1 is 0.884 bits per heavy atom. The monoisotopic (exact) mass is 595 g/mol. The number of carbonyl (C=O) groups is 1. The first-order chi connectivity index (χ1) is 20.9. The fourth-order valence-corrected chi connectivity index (χ4v) is 5.47. The maximum atomic E-state index is 14.2. The van der Waals surface area contributed by atoms with Crippen LogP contribution >= 0.6 is 11.6 Å². The van der Waals surface area contributed by atoms with Crippen LogP contribution in [0.1, 0.15) is 5.56 Å². The van der Waals surface area contributed by atoms with E-state index in [1.54, 1.807) is 41.0 Å². The van der Waals surface area contributed by atoms with E-state index in [9.17, 15) is 9.59 Å². The van der Waals surface area contributed by atoms with Crippen molar-refractivity contribution < 1.29 is 23.5 Å². The van der Waals surface area contributed by atoms with E-state index in [1.165, 1.54) is 21.3 Å². The molecule has 6 aromatic rings. The molecule has 9 nitrogen and oxygen atoms in total. The first kappa shape index (κ1) is 27.9. The van der Waals surface area contributed by atoms with E-state index in [2.05, 4.69) is 10.5 Å². The maximum absolute atomic E-state index is 14.2. The Kier molecular flexibility index (Phi) is 7.48. The molecule has 10 heteroatoms. The number of nitrogens with one attached hydrogen (secondary N) is 1. The summed E-state index contributed by atoms with van der Waals surface area (Å²) in [7, 11) is 4.53. The second-order valence-electron chi connectivity index (χ2n) is 9.68. The lowest BCUT2D eigenvalue weighted by atomic mass is 10.1. The van der Waals surface area contributed by atoms with E-state index in [-0.39, 0.29) is 17.9 Å². The zero-order valence-electron chi connectivity index (χ0n) is 23.5. The molecular weight excluding hydrogens is 570 g/mol.